The summed E-state index contributed by atoms with van der Waals surface area (Å²) in [6.07, 6.45) is 4.08. The first kappa shape index (κ1) is 15.9. The maximum Gasteiger partial charge on any atom is 0.171 e. The monoisotopic (exact) mass is 332 g/mol. The Labute approximate surface area is 139 Å². The van der Waals surface area contributed by atoms with Gasteiger partial charge in [0.2, 0.25) is 0 Å². The van der Waals surface area contributed by atoms with Crippen LogP contribution in [0.5, 0.6) is 0 Å². The van der Waals surface area contributed by atoms with Crippen LogP contribution in [0.25, 0.3) is 0 Å². The van der Waals surface area contributed by atoms with E-state index in [0.717, 1.165) is 31.2 Å². The van der Waals surface area contributed by atoms with E-state index >= 15 is 0 Å². The highest BCUT2D eigenvalue weighted by Crippen LogP contribution is 2.38. The quantitative estimate of drug-likeness (QED) is 0.795. The number of hydrogen-bond donors (Lipinski definition) is 2. The van der Waals surface area contributed by atoms with Gasteiger partial charge >= 0.3 is 0 Å². The summed E-state index contributed by atoms with van der Waals surface area (Å²) in [4.78, 5) is 0. The minimum absolute atomic E-state index is 0.216. The van der Waals surface area contributed by atoms with Crippen LogP contribution in [-0.4, -0.2) is 5.11 Å². The molecular formula is C18H18F2N2S. The molecule has 5 heteroatoms. The largest absolute Gasteiger partial charge is 0.353 e. The van der Waals surface area contributed by atoms with Gasteiger partial charge in [-0.25, -0.2) is 8.78 Å². The Balaban J connectivity index is 1.80. The summed E-state index contributed by atoms with van der Waals surface area (Å²) >= 11 is 5.31. The van der Waals surface area contributed by atoms with Crippen molar-refractivity contribution in [2.24, 2.45) is 0 Å². The maximum absolute atomic E-state index is 13.8. The molecule has 0 heterocycles. The number of para-hydroxylation sites is 1. The average molecular weight is 332 g/mol. The third-order valence-corrected chi connectivity index (χ3v) is 4.54. The minimum Gasteiger partial charge on any atom is -0.353 e. The maximum atomic E-state index is 13.8. The van der Waals surface area contributed by atoms with Gasteiger partial charge in [0.15, 0.2) is 5.11 Å². The molecule has 2 aromatic carbocycles. The SMILES string of the molecule is Fc1cccc(F)c1NC(=S)NC1(c2ccccc2)CCCC1. The number of anilines is 1. The highest BCUT2D eigenvalue weighted by atomic mass is 32.1. The zero-order valence-corrected chi connectivity index (χ0v) is 13.4. The van der Waals surface area contributed by atoms with Gasteiger partial charge in [0.25, 0.3) is 0 Å². The molecule has 0 spiro atoms. The molecular weight excluding hydrogens is 314 g/mol. The molecule has 120 valence electrons. The number of thiocarbonyl (C=S) groups is 1. The predicted molar refractivity (Wildman–Crippen MR) is 92.3 cm³/mol. The molecule has 1 saturated carbocycles. The van der Waals surface area contributed by atoms with Crippen molar-refractivity contribution in [3.05, 3.63) is 65.7 Å². The number of rotatable bonds is 3. The van der Waals surface area contributed by atoms with Crippen molar-refractivity contribution in [1.29, 1.82) is 0 Å². The third-order valence-electron chi connectivity index (χ3n) is 4.34. The highest BCUT2D eigenvalue weighted by Gasteiger charge is 2.36. The van der Waals surface area contributed by atoms with Gasteiger partial charge in [-0.15, -0.1) is 0 Å². The van der Waals surface area contributed by atoms with E-state index < -0.39 is 11.6 Å². The number of halogens is 2. The van der Waals surface area contributed by atoms with Crippen LogP contribution in [0, 0.1) is 11.6 Å². The van der Waals surface area contributed by atoms with Crippen molar-refractivity contribution < 1.29 is 8.78 Å². The molecule has 2 N–H and O–H groups in total. The van der Waals surface area contributed by atoms with Gasteiger partial charge in [-0.3, -0.25) is 0 Å². The van der Waals surface area contributed by atoms with Crippen molar-refractivity contribution in [2.75, 3.05) is 5.32 Å². The third kappa shape index (κ3) is 3.34. The molecule has 0 bridgehead atoms. The Morgan fingerprint density at radius 2 is 1.52 bits per heavy atom. The molecule has 0 atom stereocenters. The second-order valence-corrected chi connectivity index (χ2v) is 6.24. The fraction of sp³-hybridized carbons (Fsp3) is 0.278. The van der Waals surface area contributed by atoms with Crippen LogP contribution in [-0.2, 0) is 5.54 Å². The van der Waals surface area contributed by atoms with Crippen LogP contribution in [0.1, 0.15) is 31.2 Å². The van der Waals surface area contributed by atoms with Crippen LogP contribution < -0.4 is 10.6 Å². The summed E-state index contributed by atoms with van der Waals surface area (Å²) < 4.78 is 27.5. The molecule has 1 aliphatic rings. The first-order valence-electron chi connectivity index (χ1n) is 7.69. The number of nitrogens with one attached hydrogen (secondary N) is 2. The molecule has 0 amide bonds. The summed E-state index contributed by atoms with van der Waals surface area (Å²) in [5, 5.41) is 6.20. The van der Waals surface area contributed by atoms with E-state index in [4.69, 9.17) is 12.2 Å². The topological polar surface area (TPSA) is 24.1 Å². The van der Waals surface area contributed by atoms with Crippen LogP contribution in [0.15, 0.2) is 48.5 Å². The van der Waals surface area contributed by atoms with E-state index in [1.54, 1.807) is 0 Å². The van der Waals surface area contributed by atoms with E-state index in [1.807, 2.05) is 18.2 Å². The zero-order valence-electron chi connectivity index (χ0n) is 12.6. The van der Waals surface area contributed by atoms with Gasteiger partial charge in [0.05, 0.1) is 5.54 Å². The second kappa shape index (κ2) is 6.62. The lowest BCUT2D eigenvalue weighted by Gasteiger charge is -2.32. The summed E-state index contributed by atoms with van der Waals surface area (Å²) in [6.45, 7) is 0. The van der Waals surface area contributed by atoms with E-state index in [-0.39, 0.29) is 16.3 Å². The molecule has 2 nitrogen and oxygen atoms in total. The van der Waals surface area contributed by atoms with Crippen LogP contribution >= 0.6 is 12.2 Å². The van der Waals surface area contributed by atoms with Gasteiger partial charge in [-0.2, -0.15) is 0 Å². The van der Waals surface area contributed by atoms with Gasteiger partial charge in [0, 0.05) is 0 Å². The Hall–Kier alpha value is -2.01. The Morgan fingerprint density at radius 3 is 2.13 bits per heavy atom. The Morgan fingerprint density at radius 1 is 0.913 bits per heavy atom. The van der Waals surface area contributed by atoms with Gasteiger partial charge < -0.3 is 10.6 Å². The fourth-order valence-electron chi connectivity index (χ4n) is 3.20. The molecule has 0 unspecified atom stereocenters. The lowest BCUT2D eigenvalue weighted by Crippen LogP contribution is -2.45. The minimum atomic E-state index is -0.658. The first-order valence-corrected chi connectivity index (χ1v) is 8.10. The fourth-order valence-corrected chi connectivity index (χ4v) is 3.50. The number of benzene rings is 2. The molecule has 0 radical (unpaired) electrons. The molecule has 0 saturated heterocycles. The first-order chi connectivity index (χ1) is 11.1. The molecule has 3 rings (SSSR count). The van der Waals surface area contributed by atoms with Crippen molar-refractivity contribution >= 4 is 23.0 Å². The van der Waals surface area contributed by atoms with Crippen molar-refractivity contribution in [3.8, 4) is 0 Å². The normalized spacial score (nSPS) is 16.1. The lowest BCUT2D eigenvalue weighted by molar-refractivity contribution is 0.408. The number of hydrogen-bond acceptors (Lipinski definition) is 1. The summed E-state index contributed by atoms with van der Waals surface area (Å²) in [7, 11) is 0. The van der Waals surface area contributed by atoms with E-state index in [1.165, 1.54) is 18.2 Å². The summed E-state index contributed by atoms with van der Waals surface area (Å²) in [5.41, 5.74) is 0.662. The second-order valence-electron chi connectivity index (χ2n) is 5.83. The highest BCUT2D eigenvalue weighted by molar-refractivity contribution is 7.80. The van der Waals surface area contributed by atoms with Crippen LogP contribution in [0.3, 0.4) is 0 Å². The lowest BCUT2D eigenvalue weighted by atomic mass is 9.88. The summed E-state index contributed by atoms with van der Waals surface area (Å²) in [6, 6.07) is 13.8. The standard InChI is InChI=1S/C18H18F2N2S/c19-14-9-6-10-15(20)16(14)21-17(23)22-18(11-4-5-12-18)13-7-2-1-3-8-13/h1-3,6-10H,4-5,11-12H2,(H2,21,22,23). The van der Waals surface area contributed by atoms with Crippen molar-refractivity contribution in [3.63, 3.8) is 0 Å². The zero-order chi connectivity index (χ0) is 16.3. The van der Waals surface area contributed by atoms with Crippen LogP contribution in [0.4, 0.5) is 14.5 Å². The Bertz CT molecular complexity index is 677. The Kier molecular flexibility index (Phi) is 4.57. The summed E-state index contributed by atoms with van der Waals surface area (Å²) in [5.74, 6) is -1.32. The molecule has 1 fully saturated rings. The van der Waals surface area contributed by atoms with Gasteiger partial charge in [-0.1, -0.05) is 49.2 Å². The predicted octanol–water partition coefficient (Wildman–Crippen LogP) is 4.72. The van der Waals surface area contributed by atoms with E-state index in [2.05, 4.69) is 22.8 Å². The smallest absolute Gasteiger partial charge is 0.171 e. The molecule has 23 heavy (non-hydrogen) atoms. The van der Waals surface area contributed by atoms with E-state index in [0.29, 0.717) is 0 Å². The van der Waals surface area contributed by atoms with Crippen molar-refractivity contribution in [1.82, 2.24) is 5.32 Å². The van der Waals surface area contributed by atoms with Crippen molar-refractivity contribution in [2.45, 2.75) is 31.2 Å². The molecule has 1 aliphatic carbocycles. The van der Waals surface area contributed by atoms with Crippen LogP contribution in [0.2, 0.25) is 0 Å². The molecule has 2 aromatic rings. The van der Waals surface area contributed by atoms with Gasteiger partial charge in [-0.05, 0) is 42.8 Å². The van der Waals surface area contributed by atoms with Gasteiger partial charge in [0.1, 0.15) is 17.3 Å². The average Bonchev–Trinajstić information content (AvgIpc) is 3.02. The molecule has 0 aliphatic heterocycles. The molecule has 0 aromatic heterocycles. The van der Waals surface area contributed by atoms with E-state index in [9.17, 15) is 8.78 Å².